The van der Waals surface area contributed by atoms with E-state index in [0.29, 0.717) is 54.2 Å². The number of hydrogen-bond acceptors (Lipinski definition) is 6. The fourth-order valence-corrected chi connectivity index (χ4v) is 4.09. The van der Waals surface area contributed by atoms with Gasteiger partial charge < -0.3 is 29.9 Å². The second-order valence-corrected chi connectivity index (χ2v) is 8.36. The van der Waals surface area contributed by atoms with Crippen molar-refractivity contribution >= 4 is 0 Å². The molecular formula is C28H24O6. The highest BCUT2D eigenvalue weighted by molar-refractivity contribution is 5.54. The van der Waals surface area contributed by atoms with Crippen molar-refractivity contribution in [2.45, 2.75) is 25.7 Å². The number of phenols is 4. The zero-order valence-corrected chi connectivity index (χ0v) is 18.4. The first kappa shape index (κ1) is 21.5. The maximum Gasteiger partial charge on any atom is 0.172 e. The minimum absolute atomic E-state index is 0.000792. The largest absolute Gasteiger partial charge is 0.504 e. The van der Waals surface area contributed by atoms with Gasteiger partial charge >= 0.3 is 0 Å². The summed E-state index contributed by atoms with van der Waals surface area (Å²) in [5, 5.41) is 41.1. The molecule has 4 aromatic rings. The number of benzene rings is 4. The molecule has 4 N–H and O–H groups in total. The first-order chi connectivity index (χ1) is 16.5. The van der Waals surface area contributed by atoms with Gasteiger partial charge in [-0.2, -0.15) is 0 Å². The summed E-state index contributed by atoms with van der Waals surface area (Å²) in [7, 11) is 0. The number of rotatable bonds is 0. The average Bonchev–Trinajstić information content (AvgIpc) is 2.83. The monoisotopic (exact) mass is 456 g/mol. The summed E-state index contributed by atoms with van der Waals surface area (Å²) in [5.74, 6) is 1.14. The van der Waals surface area contributed by atoms with Gasteiger partial charge in [0.25, 0.3) is 0 Å². The quantitative estimate of drug-likeness (QED) is 0.243. The van der Waals surface area contributed by atoms with Crippen molar-refractivity contribution in [2.24, 2.45) is 0 Å². The van der Waals surface area contributed by atoms with Crippen molar-refractivity contribution in [1.29, 1.82) is 0 Å². The highest BCUT2D eigenvalue weighted by Gasteiger charge is 2.17. The zero-order chi connectivity index (χ0) is 23.7. The number of ether oxygens (including phenoxy) is 2. The van der Waals surface area contributed by atoms with E-state index in [1.165, 1.54) is 12.1 Å². The predicted octanol–water partition coefficient (Wildman–Crippen LogP) is 5.98. The highest BCUT2D eigenvalue weighted by Crippen LogP contribution is 2.41. The van der Waals surface area contributed by atoms with Gasteiger partial charge in [0.1, 0.15) is 11.5 Å². The van der Waals surface area contributed by atoms with Gasteiger partial charge in [-0.05, 0) is 84.3 Å². The van der Waals surface area contributed by atoms with E-state index in [9.17, 15) is 20.4 Å². The van der Waals surface area contributed by atoms with Gasteiger partial charge in [-0.25, -0.2) is 0 Å². The highest BCUT2D eigenvalue weighted by atomic mass is 16.5. The predicted molar refractivity (Wildman–Crippen MR) is 127 cm³/mol. The van der Waals surface area contributed by atoms with Gasteiger partial charge in [0.15, 0.2) is 34.5 Å². The van der Waals surface area contributed by atoms with E-state index in [1.807, 2.05) is 30.3 Å². The zero-order valence-electron chi connectivity index (χ0n) is 18.4. The smallest absolute Gasteiger partial charge is 0.172 e. The topological polar surface area (TPSA) is 99.4 Å². The fraction of sp³-hybridized carbons (Fsp3) is 0.143. The summed E-state index contributed by atoms with van der Waals surface area (Å²) < 4.78 is 12.1. The molecule has 4 aromatic carbocycles. The fourth-order valence-electron chi connectivity index (χ4n) is 4.09. The molecule has 2 heterocycles. The lowest BCUT2D eigenvalue weighted by Crippen LogP contribution is -1.99. The number of fused-ring (bicyclic) bond motifs is 4. The summed E-state index contributed by atoms with van der Waals surface area (Å²) in [6, 6.07) is 20.9. The van der Waals surface area contributed by atoms with E-state index in [2.05, 4.69) is 0 Å². The molecular weight excluding hydrogens is 432 g/mol. The number of hydrogen-bond donors (Lipinski definition) is 4. The van der Waals surface area contributed by atoms with E-state index in [1.54, 1.807) is 30.3 Å². The molecule has 0 saturated heterocycles. The van der Waals surface area contributed by atoms with Gasteiger partial charge in [0.05, 0.1) is 0 Å². The van der Waals surface area contributed by atoms with Crippen molar-refractivity contribution in [2.75, 3.05) is 0 Å². The Bertz CT molecular complexity index is 1340. The first-order valence-electron chi connectivity index (χ1n) is 11.1. The molecule has 0 unspecified atom stereocenters. The molecule has 0 atom stereocenters. The number of aromatic hydroxyl groups is 4. The van der Waals surface area contributed by atoms with Gasteiger partial charge in [0, 0.05) is 6.07 Å². The molecule has 2 aliphatic rings. The van der Waals surface area contributed by atoms with Crippen LogP contribution in [0.25, 0.3) is 0 Å². The summed E-state index contributed by atoms with van der Waals surface area (Å²) >= 11 is 0. The Morgan fingerprint density at radius 3 is 2.03 bits per heavy atom. The molecule has 6 rings (SSSR count). The van der Waals surface area contributed by atoms with Crippen LogP contribution in [0.1, 0.15) is 22.3 Å². The number of aryl methyl sites for hydroxylation is 4. The Balaban J connectivity index is 1.60. The third-order valence-corrected chi connectivity index (χ3v) is 5.99. The van der Waals surface area contributed by atoms with Crippen LogP contribution in [-0.2, 0) is 25.7 Å². The minimum Gasteiger partial charge on any atom is -0.504 e. The first-order valence-corrected chi connectivity index (χ1v) is 11.1. The SMILES string of the molecule is Oc1cc2c(cc1O)Oc1c(O)cccc1CCc1ccc(cc1)Oc1cc(ccc1O)CC2. The van der Waals surface area contributed by atoms with Crippen LogP contribution in [0.5, 0.6) is 46.0 Å². The normalized spacial score (nSPS) is 13.2. The second-order valence-electron chi connectivity index (χ2n) is 8.36. The van der Waals surface area contributed by atoms with E-state index >= 15 is 0 Å². The molecule has 2 aliphatic heterocycles. The maximum absolute atomic E-state index is 10.6. The Morgan fingerprint density at radius 1 is 0.500 bits per heavy atom. The lowest BCUT2D eigenvalue weighted by molar-refractivity contribution is 0.386. The average molecular weight is 456 g/mol. The molecule has 0 amide bonds. The molecule has 0 aliphatic carbocycles. The van der Waals surface area contributed by atoms with Crippen molar-refractivity contribution in [3.05, 3.63) is 95.1 Å². The van der Waals surface area contributed by atoms with Crippen LogP contribution < -0.4 is 9.47 Å². The van der Waals surface area contributed by atoms with Gasteiger partial charge in [-0.1, -0.05) is 30.3 Å². The molecule has 0 fully saturated rings. The third kappa shape index (κ3) is 4.43. The van der Waals surface area contributed by atoms with E-state index < -0.39 is 0 Å². The van der Waals surface area contributed by atoms with Gasteiger partial charge in [-0.15, -0.1) is 0 Å². The van der Waals surface area contributed by atoms with E-state index in [-0.39, 0.29) is 23.0 Å². The van der Waals surface area contributed by atoms with Crippen LogP contribution in [0.2, 0.25) is 0 Å². The molecule has 6 heteroatoms. The standard InChI is InChI=1S/C28H24O6/c29-22-13-8-18-5-10-20-15-24(31)25(32)16-26(20)34-28-19(2-1-3-23(28)30)9-4-17-6-11-21(12-7-17)33-27(22)14-18/h1-3,6-8,11-16,29-32H,4-5,9-10H2. The molecule has 4 bridgehead atoms. The summed E-state index contributed by atoms with van der Waals surface area (Å²) in [5.41, 5.74) is 3.47. The maximum atomic E-state index is 10.6. The summed E-state index contributed by atoms with van der Waals surface area (Å²) in [6.45, 7) is 0. The number of phenolic OH excluding ortho intramolecular Hbond substituents is 4. The van der Waals surface area contributed by atoms with Crippen LogP contribution in [0.3, 0.4) is 0 Å². The van der Waals surface area contributed by atoms with Gasteiger partial charge in [0.2, 0.25) is 0 Å². The van der Waals surface area contributed by atoms with Crippen molar-refractivity contribution < 1.29 is 29.9 Å². The third-order valence-electron chi connectivity index (χ3n) is 5.99. The molecule has 0 spiro atoms. The Labute approximate surface area is 196 Å². The van der Waals surface area contributed by atoms with Crippen LogP contribution in [0.4, 0.5) is 0 Å². The molecule has 34 heavy (non-hydrogen) atoms. The Morgan fingerprint density at radius 2 is 1.21 bits per heavy atom. The summed E-state index contributed by atoms with van der Waals surface area (Å²) in [4.78, 5) is 0. The van der Waals surface area contributed by atoms with Crippen LogP contribution >= 0.6 is 0 Å². The van der Waals surface area contributed by atoms with Gasteiger partial charge in [-0.3, -0.25) is 0 Å². The molecule has 172 valence electrons. The van der Waals surface area contributed by atoms with E-state index in [4.69, 9.17) is 9.47 Å². The lowest BCUT2D eigenvalue weighted by Gasteiger charge is -2.16. The second kappa shape index (κ2) is 8.90. The van der Waals surface area contributed by atoms with Crippen molar-refractivity contribution in [1.82, 2.24) is 0 Å². The molecule has 0 radical (unpaired) electrons. The number of para-hydroxylation sites is 1. The van der Waals surface area contributed by atoms with Crippen molar-refractivity contribution in [3.8, 4) is 46.0 Å². The van der Waals surface area contributed by atoms with Crippen LogP contribution in [0.15, 0.2) is 72.8 Å². The Hall–Kier alpha value is -4.32. The van der Waals surface area contributed by atoms with E-state index in [0.717, 1.165) is 16.7 Å². The minimum atomic E-state index is -0.304. The van der Waals surface area contributed by atoms with Crippen LogP contribution in [-0.4, -0.2) is 20.4 Å². The summed E-state index contributed by atoms with van der Waals surface area (Å²) in [6.07, 6.45) is 2.35. The van der Waals surface area contributed by atoms with Crippen LogP contribution in [0, 0.1) is 0 Å². The molecule has 6 nitrogen and oxygen atoms in total. The molecule has 0 aromatic heterocycles. The van der Waals surface area contributed by atoms with Crippen molar-refractivity contribution in [3.63, 3.8) is 0 Å². The Kier molecular flexibility index (Phi) is 5.64. The molecule has 0 saturated carbocycles. The lowest BCUT2D eigenvalue weighted by atomic mass is 10.0.